The van der Waals surface area contributed by atoms with Gasteiger partial charge in [0.25, 0.3) is 0 Å². The smallest absolute Gasteiger partial charge is 0.416 e. The molecular formula is C30H32F6N6O6S2. The van der Waals surface area contributed by atoms with Gasteiger partial charge in [-0.2, -0.15) is 35.9 Å². The lowest BCUT2D eigenvalue weighted by Crippen LogP contribution is -2.36. The summed E-state index contributed by atoms with van der Waals surface area (Å²) in [5, 5.41) is 42.8. The van der Waals surface area contributed by atoms with Gasteiger partial charge in [-0.3, -0.25) is 0 Å². The number of hydrogen-bond donors (Lipinski definition) is 5. The summed E-state index contributed by atoms with van der Waals surface area (Å²) >= 11 is 2.14. The molecule has 0 spiro atoms. The maximum atomic E-state index is 12.9. The Morgan fingerprint density at radius 1 is 0.780 bits per heavy atom. The van der Waals surface area contributed by atoms with Crippen molar-refractivity contribution in [2.45, 2.75) is 51.1 Å². The van der Waals surface area contributed by atoms with Crippen LogP contribution in [0.25, 0.3) is 21.1 Å². The predicted octanol–water partition coefficient (Wildman–Crippen LogP) is 5.07. The van der Waals surface area contributed by atoms with Crippen LogP contribution >= 0.6 is 22.7 Å². The number of aliphatic hydroxyl groups excluding tert-OH is 2. The average molecular weight is 751 g/mol. The van der Waals surface area contributed by atoms with E-state index in [1.165, 1.54) is 26.0 Å². The van der Waals surface area contributed by atoms with Gasteiger partial charge < -0.3 is 26.8 Å². The van der Waals surface area contributed by atoms with Crippen LogP contribution in [0, 0.1) is 13.8 Å². The number of aryl methyl sites for hydroxylation is 2. The third-order valence-corrected chi connectivity index (χ3v) is 8.74. The number of aliphatic hydroxyl groups is 2. The van der Waals surface area contributed by atoms with Crippen molar-refractivity contribution in [3.63, 3.8) is 0 Å². The summed E-state index contributed by atoms with van der Waals surface area (Å²) in [6.07, 6.45) is -7.75. The monoisotopic (exact) mass is 750 g/mol. The van der Waals surface area contributed by atoms with Gasteiger partial charge in [-0.15, -0.1) is 20.4 Å². The predicted molar refractivity (Wildman–Crippen MR) is 170 cm³/mol. The fourth-order valence-electron chi connectivity index (χ4n) is 3.40. The van der Waals surface area contributed by atoms with Crippen LogP contribution in [-0.2, 0) is 37.8 Å². The molecule has 50 heavy (non-hydrogen) atoms. The van der Waals surface area contributed by atoms with Crippen molar-refractivity contribution in [3.05, 3.63) is 81.3 Å². The Balaban J connectivity index is 0.000000412. The minimum Gasteiger partial charge on any atom is -0.478 e. The van der Waals surface area contributed by atoms with E-state index in [0.29, 0.717) is 31.2 Å². The topological polar surface area (TPSA) is 216 Å². The molecule has 4 rings (SSSR count). The summed E-state index contributed by atoms with van der Waals surface area (Å²) in [4.78, 5) is 25.5. The number of nitrogens with zero attached hydrogens (tertiary/aromatic N) is 4. The van der Waals surface area contributed by atoms with E-state index in [-0.39, 0.29) is 30.5 Å². The molecule has 0 bridgehead atoms. The summed E-state index contributed by atoms with van der Waals surface area (Å²) in [5.41, 5.74) is 9.08. The van der Waals surface area contributed by atoms with E-state index in [0.717, 1.165) is 40.9 Å². The van der Waals surface area contributed by atoms with Crippen molar-refractivity contribution >= 4 is 34.8 Å². The Morgan fingerprint density at radius 2 is 1.08 bits per heavy atom. The van der Waals surface area contributed by atoms with Crippen LogP contribution in [0.15, 0.2) is 49.1 Å². The first-order chi connectivity index (χ1) is 23.0. The first-order valence-corrected chi connectivity index (χ1v) is 15.3. The number of rotatable bonds is 7. The van der Waals surface area contributed by atoms with E-state index in [4.69, 9.17) is 26.2 Å². The maximum absolute atomic E-state index is 12.9. The lowest BCUT2D eigenvalue weighted by molar-refractivity contribution is -0.191. The molecule has 0 fully saturated rings. The van der Waals surface area contributed by atoms with Crippen LogP contribution in [0.1, 0.15) is 46.1 Å². The van der Waals surface area contributed by atoms with Crippen molar-refractivity contribution in [2.24, 2.45) is 11.5 Å². The quantitative estimate of drug-likeness (QED) is 0.124. The van der Waals surface area contributed by atoms with Gasteiger partial charge >= 0.3 is 24.5 Å². The number of carboxylic acids is 1. The summed E-state index contributed by atoms with van der Waals surface area (Å²) in [6.45, 7) is 8.26. The maximum Gasteiger partial charge on any atom is 0.416 e. The Bertz CT molecular complexity index is 1670. The number of carboxylic acid groups (broad SMARTS) is 1. The van der Waals surface area contributed by atoms with Crippen molar-refractivity contribution < 1.29 is 56.0 Å². The summed E-state index contributed by atoms with van der Waals surface area (Å²) in [6, 6.07) is 8.00. The van der Waals surface area contributed by atoms with Crippen LogP contribution in [-0.4, -0.2) is 61.0 Å². The molecule has 272 valence electrons. The van der Waals surface area contributed by atoms with Gasteiger partial charge in [0.1, 0.15) is 20.0 Å². The third kappa shape index (κ3) is 12.5. The number of benzene rings is 2. The molecule has 12 nitrogen and oxygen atoms in total. The first-order valence-electron chi connectivity index (χ1n) is 13.7. The van der Waals surface area contributed by atoms with Gasteiger partial charge in [-0.25, -0.2) is 4.79 Å². The number of hydrogen-bond acceptors (Lipinski definition) is 13. The van der Waals surface area contributed by atoms with E-state index >= 15 is 0 Å². The summed E-state index contributed by atoms with van der Waals surface area (Å²) in [7, 11) is 0. The van der Waals surface area contributed by atoms with Crippen molar-refractivity contribution in [2.75, 3.05) is 13.2 Å². The summed E-state index contributed by atoms with van der Waals surface area (Å²) in [5.74, 6) is -0.981. The van der Waals surface area contributed by atoms with Gasteiger partial charge in [0, 0.05) is 17.2 Å². The number of nitrogens with two attached hydrogens (primary N) is 2. The number of carbonyl (C=O) groups excluding carboxylic acids is 2. The van der Waals surface area contributed by atoms with E-state index in [2.05, 4.69) is 27.0 Å². The molecular weight excluding hydrogens is 718 g/mol. The fraction of sp³-hybridized carbons (Fsp3) is 0.333. The van der Waals surface area contributed by atoms with E-state index in [1.54, 1.807) is 26.0 Å². The zero-order valence-electron chi connectivity index (χ0n) is 26.8. The first kappa shape index (κ1) is 43.6. The number of aromatic nitrogens is 4. The lowest BCUT2D eigenvalue weighted by Gasteiger charge is -2.16. The molecule has 2 atom stereocenters. The Hall–Kier alpha value is -4.43. The van der Waals surface area contributed by atoms with Crippen LogP contribution < -0.4 is 11.5 Å². The van der Waals surface area contributed by atoms with Crippen LogP contribution in [0.4, 0.5) is 26.3 Å². The highest BCUT2D eigenvalue weighted by Gasteiger charge is 2.34. The minimum absolute atomic E-state index is 0.148. The number of carbonyl (C=O) groups is 1. The number of halogens is 6. The SMILES string of the molecule is C=CC(=O)O.Cc1ccc(-c2nnc([C@@](C)(N)CO)s2)cc1C(F)(F)F.Cc1ccc(-c2nnc([C@@](C)(N)CO)s2)cc1C(F)(F)F.O=C=O. The highest BCUT2D eigenvalue weighted by Crippen LogP contribution is 2.37. The van der Waals surface area contributed by atoms with Crippen molar-refractivity contribution in [3.8, 4) is 21.1 Å². The fourth-order valence-corrected chi connectivity index (χ4v) is 5.18. The van der Waals surface area contributed by atoms with Gasteiger partial charge in [-0.05, 0) is 51.0 Å². The lowest BCUT2D eigenvalue weighted by atomic mass is 10.1. The molecule has 0 radical (unpaired) electrons. The number of alkyl halides is 6. The third-order valence-electron chi connectivity index (χ3n) is 6.24. The molecule has 4 aromatic rings. The molecule has 2 aromatic carbocycles. The van der Waals surface area contributed by atoms with E-state index in [1.807, 2.05) is 0 Å². The molecule has 0 saturated carbocycles. The highest BCUT2D eigenvalue weighted by atomic mass is 32.1. The van der Waals surface area contributed by atoms with Gasteiger partial charge in [0.05, 0.1) is 35.4 Å². The van der Waals surface area contributed by atoms with Crippen LogP contribution in [0.3, 0.4) is 0 Å². The zero-order valence-corrected chi connectivity index (χ0v) is 28.4. The van der Waals surface area contributed by atoms with E-state index < -0.39 is 40.5 Å². The normalized spacial score (nSPS) is 13.4. The molecule has 2 aromatic heterocycles. The Kier molecular flexibility index (Phi) is 15.7. The molecule has 7 N–H and O–H groups in total. The Labute approximate surface area is 289 Å². The highest BCUT2D eigenvalue weighted by molar-refractivity contribution is 7.15. The number of aliphatic carboxylic acids is 1. The minimum atomic E-state index is -4.42. The van der Waals surface area contributed by atoms with Crippen molar-refractivity contribution in [1.82, 2.24) is 20.4 Å². The van der Waals surface area contributed by atoms with E-state index in [9.17, 15) is 41.4 Å². The van der Waals surface area contributed by atoms with Crippen LogP contribution in [0.5, 0.6) is 0 Å². The van der Waals surface area contributed by atoms with Crippen molar-refractivity contribution in [1.29, 1.82) is 0 Å². The molecule has 2 heterocycles. The average Bonchev–Trinajstić information content (AvgIpc) is 3.74. The van der Waals surface area contributed by atoms with Crippen LogP contribution in [0.2, 0.25) is 0 Å². The molecule has 0 aliphatic rings. The molecule has 20 heteroatoms. The molecule has 0 unspecified atom stereocenters. The zero-order chi connectivity index (χ0) is 38.7. The molecule has 0 saturated heterocycles. The van der Waals surface area contributed by atoms with Gasteiger partial charge in [0.2, 0.25) is 0 Å². The molecule has 0 aliphatic carbocycles. The van der Waals surface area contributed by atoms with Gasteiger partial charge in [0.15, 0.2) is 0 Å². The summed E-state index contributed by atoms with van der Waals surface area (Å²) < 4.78 is 77.4. The second kappa shape index (κ2) is 18.0. The second-order valence-electron chi connectivity index (χ2n) is 10.7. The Morgan fingerprint density at radius 3 is 1.32 bits per heavy atom. The van der Waals surface area contributed by atoms with Gasteiger partial charge in [-0.1, -0.05) is 53.5 Å². The molecule has 0 aliphatic heterocycles. The molecule has 0 amide bonds. The standard InChI is InChI=1S/2C13H14F3N3OS.C3H4O2.CO2/c2*1-7-3-4-8(5-9(7)13(14,15)16)10-18-19-11(21-10)12(2,17)6-20;1-2-3(4)5;2-1-3/h2*3-5,20H,6,17H2,1-2H3;2H,1H2,(H,4,5);/t2*12-;;/m00../s1. The second-order valence-corrected chi connectivity index (χ2v) is 12.6. The largest absolute Gasteiger partial charge is 0.478 e.